The predicted octanol–water partition coefficient (Wildman–Crippen LogP) is 1.03. The first-order valence-electron chi connectivity index (χ1n) is 7.39. The molecule has 118 valence electrons. The molecule has 0 aromatic heterocycles. The Bertz CT molecular complexity index is 429. The summed E-state index contributed by atoms with van der Waals surface area (Å²) in [5.74, 6) is -2.81. The summed E-state index contributed by atoms with van der Waals surface area (Å²) in [4.78, 5) is 37.2. The molecule has 0 heterocycles. The molecule has 0 aromatic rings. The summed E-state index contributed by atoms with van der Waals surface area (Å²) in [7, 11) is 0. The standard InChI is InChI=1S/C15H24N2O4/c1-4-17(5-2)14(19)10(3)16-13(18)11-8-6-7-9-12(11)15(20)21/h6-7,10-12H,4-5,8-9H2,1-3H3,(H,16,18)(H,20,21)/t10?,11-,12+/m1/s1. The second-order valence-corrected chi connectivity index (χ2v) is 5.23. The van der Waals surface area contributed by atoms with Crippen LogP contribution in [0, 0.1) is 11.8 Å². The average Bonchev–Trinajstić information content (AvgIpc) is 2.48. The van der Waals surface area contributed by atoms with Crippen LogP contribution in [0.1, 0.15) is 33.6 Å². The molecule has 0 saturated heterocycles. The first-order chi connectivity index (χ1) is 9.92. The topological polar surface area (TPSA) is 86.7 Å². The number of nitrogens with zero attached hydrogens (tertiary/aromatic N) is 1. The lowest BCUT2D eigenvalue weighted by atomic mass is 9.82. The Morgan fingerprint density at radius 3 is 2.19 bits per heavy atom. The molecule has 1 unspecified atom stereocenters. The quantitative estimate of drug-likeness (QED) is 0.717. The van der Waals surface area contributed by atoms with E-state index in [2.05, 4.69) is 5.32 Å². The third kappa shape index (κ3) is 4.31. The summed E-state index contributed by atoms with van der Waals surface area (Å²) < 4.78 is 0. The Hall–Kier alpha value is -1.85. The van der Waals surface area contributed by atoms with E-state index in [0.717, 1.165) is 0 Å². The highest BCUT2D eigenvalue weighted by Gasteiger charge is 2.35. The van der Waals surface area contributed by atoms with Gasteiger partial charge in [-0.1, -0.05) is 12.2 Å². The molecule has 2 N–H and O–H groups in total. The van der Waals surface area contributed by atoms with Crippen LogP contribution >= 0.6 is 0 Å². The molecule has 0 spiro atoms. The van der Waals surface area contributed by atoms with Crippen molar-refractivity contribution in [2.24, 2.45) is 11.8 Å². The first kappa shape index (κ1) is 17.2. The van der Waals surface area contributed by atoms with Gasteiger partial charge in [0.15, 0.2) is 0 Å². The fraction of sp³-hybridized carbons (Fsp3) is 0.667. The number of nitrogens with one attached hydrogen (secondary N) is 1. The van der Waals surface area contributed by atoms with Gasteiger partial charge in [0, 0.05) is 13.1 Å². The van der Waals surface area contributed by atoms with Gasteiger partial charge in [-0.15, -0.1) is 0 Å². The maximum atomic E-state index is 12.2. The van der Waals surface area contributed by atoms with Gasteiger partial charge in [0.05, 0.1) is 11.8 Å². The van der Waals surface area contributed by atoms with Crippen LogP contribution in [-0.2, 0) is 14.4 Å². The number of amides is 2. The van der Waals surface area contributed by atoms with Crippen molar-refractivity contribution in [1.82, 2.24) is 10.2 Å². The summed E-state index contributed by atoms with van der Waals surface area (Å²) in [6.45, 7) is 6.55. The molecule has 1 aliphatic rings. The summed E-state index contributed by atoms with van der Waals surface area (Å²) >= 11 is 0. The van der Waals surface area contributed by atoms with E-state index >= 15 is 0 Å². The molecule has 6 nitrogen and oxygen atoms in total. The van der Waals surface area contributed by atoms with E-state index in [1.165, 1.54) is 0 Å². The van der Waals surface area contributed by atoms with Crippen molar-refractivity contribution in [3.63, 3.8) is 0 Å². The molecule has 0 radical (unpaired) electrons. The highest BCUT2D eigenvalue weighted by Crippen LogP contribution is 2.26. The molecule has 21 heavy (non-hydrogen) atoms. The smallest absolute Gasteiger partial charge is 0.307 e. The van der Waals surface area contributed by atoms with E-state index in [9.17, 15) is 19.5 Å². The number of hydrogen-bond acceptors (Lipinski definition) is 3. The number of aliphatic carboxylic acids is 1. The van der Waals surface area contributed by atoms with Crippen molar-refractivity contribution in [2.45, 2.75) is 39.7 Å². The maximum absolute atomic E-state index is 12.2. The normalized spacial score (nSPS) is 22.4. The van der Waals surface area contributed by atoms with E-state index in [1.54, 1.807) is 17.9 Å². The Morgan fingerprint density at radius 1 is 1.19 bits per heavy atom. The molecule has 0 fully saturated rings. The highest BCUT2D eigenvalue weighted by molar-refractivity contribution is 5.90. The monoisotopic (exact) mass is 296 g/mol. The van der Waals surface area contributed by atoms with Crippen LogP contribution in [0.15, 0.2) is 12.2 Å². The van der Waals surface area contributed by atoms with Gasteiger partial charge in [-0.3, -0.25) is 14.4 Å². The SMILES string of the molecule is CCN(CC)C(=O)C(C)NC(=O)[C@@H]1CC=CC[C@@H]1C(=O)O. The molecular weight excluding hydrogens is 272 g/mol. The largest absolute Gasteiger partial charge is 0.481 e. The van der Waals surface area contributed by atoms with Gasteiger partial charge in [-0.2, -0.15) is 0 Å². The van der Waals surface area contributed by atoms with Crippen LogP contribution in [0.3, 0.4) is 0 Å². The van der Waals surface area contributed by atoms with Gasteiger partial charge in [0.25, 0.3) is 0 Å². The van der Waals surface area contributed by atoms with E-state index in [4.69, 9.17) is 0 Å². The fourth-order valence-electron chi connectivity index (χ4n) is 2.57. The molecule has 2 amide bonds. The number of hydrogen-bond donors (Lipinski definition) is 2. The van der Waals surface area contributed by atoms with Gasteiger partial charge >= 0.3 is 5.97 Å². The van der Waals surface area contributed by atoms with Crippen LogP contribution in [-0.4, -0.2) is 46.9 Å². The molecule has 6 heteroatoms. The molecule has 0 bridgehead atoms. The van der Waals surface area contributed by atoms with Gasteiger partial charge in [-0.25, -0.2) is 0 Å². The lowest BCUT2D eigenvalue weighted by Gasteiger charge is -2.27. The highest BCUT2D eigenvalue weighted by atomic mass is 16.4. The second kappa shape index (κ2) is 7.81. The lowest BCUT2D eigenvalue weighted by Crippen LogP contribution is -2.50. The van der Waals surface area contributed by atoms with Crippen molar-refractivity contribution >= 4 is 17.8 Å². The zero-order valence-electron chi connectivity index (χ0n) is 12.8. The van der Waals surface area contributed by atoms with E-state index in [-0.39, 0.29) is 11.8 Å². The summed E-state index contributed by atoms with van der Waals surface area (Å²) in [5, 5.41) is 11.8. The Balaban J connectivity index is 2.69. The minimum absolute atomic E-state index is 0.147. The Morgan fingerprint density at radius 2 is 1.71 bits per heavy atom. The third-order valence-electron chi connectivity index (χ3n) is 3.89. The average molecular weight is 296 g/mol. The van der Waals surface area contributed by atoms with Crippen LogP contribution in [0.4, 0.5) is 0 Å². The van der Waals surface area contributed by atoms with Crippen LogP contribution < -0.4 is 5.32 Å². The molecule has 3 atom stereocenters. The number of rotatable bonds is 6. The van der Waals surface area contributed by atoms with Crippen LogP contribution in [0.2, 0.25) is 0 Å². The van der Waals surface area contributed by atoms with Crippen molar-refractivity contribution < 1.29 is 19.5 Å². The van der Waals surface area contributed by atoms with Gasteiger partial charge < -0.3 is 15.3 Å². The van der Waals surface area contributed by atoms with Crippen molar-refractivity contribution in [1.29, 1.82) is 0 Å². The first-order valence-corrected chi connectivity index (χ1v) is 7.39. The Labute approximate surface area is 125 Å². The number of likely N-dealkylation sites (N-methyl/N-ethyl adjacent to an activating group) is 1. The van der Waals surface area contributed by atoms with Crippen molar-refractivity contribution in [2.75, 3.05) is 13.1 Å². The number of carboxylic acids is 1. The van der Waals surface area contributed by atoms with Gasteiger partial charge in [0.1, 0.15) is 6.04 Å². The number of allylic oxidation sites excluding steroid dienone is 2. The summed E-state index contributed by atoms with van der Waals surface area (Å²) in [6.07, 6.45) is 4.36. The van der Waals surface area contributed by atoms with Crippen molar-refractivity contribution in [3.8, 4) is 0 Å². The minimum Gasteiger partial charge on any atom is -0.481 e. The van der Waals surface area contributed by atoms with Gasteiger partial charge in [-0.05, 0) is 33.6 Å². The summed E-state index contributed by atoms with van der Waals surface area (Å²) in [6, 6.07) is -0.641. The van der Waals surface area contributed by atoms with Gasteiger partial charge in [0.2, 0.25) is 11.8 Å². The van der Waals surface area contributed by atoms with Crippen molar-refractivity contribution in [3.05, 3.63) is 12.2 Å². The number of carboxylic acid groups (broad SMARTS) is 1. The van der Waals surface area contributed by atoms with Crippen LogP contribution in [0.5, 0.6) is 0 Å². The molecule has 1 rings (SSSR count). The molecule has 0 saturated carbocycles. The molecule has 0 aromatic carbocycles. The van der Waals surface area contributed by atoms with E-state index < -0.39 is 23.8 Å². The molecule has 0 aliphatic heterocycles. The number of carbonyl (C=O) groups is 3. The molecule has 1 aliphatic carbocycles. The Kier molecular flexibility index (Phi) is 6.39. The zero-order valence-corrected chi connectivity index (χ0v) is 12.8. The lowest BCUT2D eigenvalue weighted by molar-refractivity contribution is -0.147. The minimum atomic E-state index is -0.970. The van der Waals surface area contributed by atoms with E-state index in [1.807, 2.05) is 19.9 Å². The fourth-order valence-corrected chi connectivity index (χ4v) is 2.57. The maximum Gasteiger partial charge on any atom is 0.307 e. The second-order valence-electron chi connectivity index (χ2n) is 5.23. The van der Waals surface area contributed by atoms with E-state index in [0.29, 0.717) is 25.9 Å². The van der Waals surface area contributed by atoms with Crippen LogP contribution in [0.25, 0.3) is 0 Å². The predicted molar refractivity (Wildman–Crippen MR) is 78.5 cm³/mol. The summed E-state index contributed by atoms with van der Waals surface area (Å²) in [5.41, 5.74) is 0. The number of carbonyl (C=O) groups excluding carboxylic acids is 2. The zero-order chi connectivity index (χ0) is 16.0. The third-order valence-corrected chi connectivity index (χ3v) is 3.89. The molecular formula is C15H24N2O4.